The summed E-state index contributed by atoms with van der Waals surface area (Å²) in [5.41, 5.74) is 0. The Balaban J connectivity index is 0. The van der Waals surface area contributed by atoms with Crippen LogP contribution in [-0.2, 0) is 9.78 Å². The van der Waals surface area contributed by atoms with E-state index in [0.717, 1.165) is 0 Å². The van der Waals surface area contributed by atoms with Gasteiger partial charge in [-0.25, -0.2) is 0 Å². The quantitative estimate of drug-likeness (QED) is 0.211. The Labute approximate surface area is 56.5 Å². The fraction of sp³-hybridized carbons (Fsp3) is 0.667. The zero-order valence-corrected chi connectivity index (χ0v) is 6.32. The van der Waals surface area contributed by atoms with E-state index in [0.29, 0.717) is 0 Å². The van der Waals surface area contributed by atoms with Crippen LogP contribution in [0.15, 0.2) is 0 Å². The van der Waals surface area contributed by atoms with E-state index in [1.165, 1.54) is 12.0 Å². The third kappa shape index (κ3) is 101. The van der Waals surface area contributed by atoms with Crippen molar-refractivity contribution in [3.8, 4) is 6.11 Å². The molecule has 0 radical (unpaired) electrons. The first-order valence-corrected chi connectivity index (χ1v) is 2.53. The Morgan fingerprint density at radius 2 is 1.67 bits per heavy atom. The number of hydrogen-bond acceptors (Lipinski definition) is 2. The summed E-state index contributed by atoms with van der Waals surface area (Å²) in [4.78, 5) is 9.06. The topological polar surface area (TPSA) is 22.9 Å². The summed E-state index contributed by atoms with van der Waals surface area (Å²) in [5.74, 6) is 0. The first-order chi connectivity index (χ1) is 4.15. The maximum atomic E-state index is 6.01. The predicted octanol–water partition coefficient (Wildman–Crippen LogP) is -1.13. The van der Waals surface area contributed by atoms with Crippen molar-refractivity contribution in [2.24, 2.45) is 0 Å². The van der Waals surface area contributed by atoms with Gasteiger partial charge in [0.2, 0.25) is 0 Å². The standard InChI is InChI=1S/C3H9N.C3H3O2/c1-4(2)3;1-3-5-4-2/h1-3H3;2H3/q;+1/p+1. The first kappa shape index (κ1) is 11.3. The molecule has 0 fully saturated rings. The summed E-state index contributed by atoms with van der Waals surface area (Å²) in [6.45, 7) is 0. The summed E-state index contributed by atoms with van der Waals surface area (Å²) < 4.78 is 0. The Bertz CT molecular complexity index is 72.9. The molecule has 9 heavy (non-hydrogen) atoms. The van der Waals surface area contributed by atoms with Gasteiger partial charge >= 0.3 is 29.4 Å². The fourth-order valence-electron chi connectivity index (χ4n) is 0.0417. The molecule has 0 saturated heterocycles. The molecule has 0 saturated carbocycles. The summed E-state index contributed by atoms with van der Waals surface area (Å²) >= 11 is 0. The molecule has 0 atom stereocenters. The van der Waals surface area contributed by atoms with E-state index in [4.69, 9.17) is 6.42 Å². The van der Waals surface area contributed by atoms with Crippen LogP contribution < -0.4 is 4.90 Å². The van der Waals surface area contributed by atoms with Gasteiger partial charge in [0, 0.05) is 0 Å². The first-order valence-electron chi connectivity index (χ1n) is 2.53. The molecule has 0 spiro atoms. The third-order valence-corrected chi connectivity index (χ3v) is 0.125. The summed E-state index contributed by atoms with van der Waals surface area (Å²) in [5, 5.41) is 0. The molecule has 0 aliphatic heterocycles. The molecule has 1 N–H and O–H groups in total. The van der Waals surface area contributed by atoms with E-state index in [9.17, 15) is 0 Å². The number of quaternary nitrogens is 1. The molecule has 3 nitrogen and oxygen atoms in total. The average molecular weight is 131 g/mol. The Morgan fingerprint density at radius 3 is 1.67 bits per heavy atom. The monoisotopic (exact) mass is 131 g/mol. The fourth-order valence-corrected chi connectivity index (χ4v) is 0.0417. The summed E-state index contributed by atoms with van der Waals surface area (Å²) in [6.07, 6.45) is 7.55. The molecule has 0 aliphatic rings. The van der Waals surface area contributed by atoms with E-state index in [2.05, 4.69) is 30.9 Å². The molecule has 0 unspecified atom stereocenters. The molecule has 3 heteroatoms. The van der Waals surface area contributed by atoms with Crippen LogP contribution in [0, 0.1) is 12.5 Å². The SMILES string of the molecule is C[NH+](C)C.[C+]#COOC. The van der Waals surface area contributed by atoms with Crippen molar-refractivity contribution in [3.05, 3.63) is 6.42 Å². The summed E-state index contributed by atoms with van der Waals surface area (Å²) in [6, 6.07) is 0. The van der Waals surface area contributed by atoms with Gasteiger partial charge in [-0.15, -0.1) is 0 Å². The zero-order valence-electron chi connectivity index (χ0n) is 6.32. The van der Waals surface area contributed by atoms with Gasteiger partial charge in [0.1, 0.15) is 0 Å². The molecule has 0 heterocycles. The van der Waals surface area contributed by atoms with Gasteiger partial charge in [-0.05, 0) is 0 Å². The molecule has 0 aromatic rings. The normalized spacial score (nSPS) is 7.44. The van der Waals surface area contributed by atoms with Crippen molar-refractivity contribution in [2.45, 2.75) is 0 Å². The third-order valence-electron chi connectivity index (χ3n) is 0.125. The van der Waals surface area contributed by atoms with E-state index in [1.807, 2.05) is 0 Å². The van der Waals surface area contributed by atoms with E-state index < -0.39 is 0 Å². The number of rotatable bonds is 1. The molecule has 0 rings (SSSR count). The minimum absolute atomic E-state index is 1.31. The van der Waals surface area contributed by atoms with Crippen LogP contribution in [0.1, 0.15) is 0 Å². The molecule has 0 aliphatic carbocycles. The second kappa shape index (κ2) is 10.5. The Kier molecular flexibility index (Phi) is 13.2. The Morgan fingerprint density at radius 1 is 1.33 bits per heavy atom. The molecular weight excluding hydrogens is 118 g/mol. The van der Waals surface area contributed by atoms with Crippen molar-refractivity contribution >= 4 is 0 Å². The van der Waals surface area contributed by atoms with Crippen molar-refractivity contribution in [2.75, 3.05) is 28.3 Å². The Hall–Kier alpha value is -0.500. The molecule has 0 amide bonds. The van der Waals surface area contributed by atoms with Crippen molar-refractivity contribution in [3.63, 3.8) is 0 Å². The van der Waals surface area contributed by atoms with E-state index in [1.54, 1.807) is 6.11 Å². The molecule has 0 aromatic heterocycles. The molecule has 52 valence electrons. The second-order valence-corrected chi connectivity index (χ2v) is 1.85. The molecular formula is C6H13NO2+2. The number of nitrogens with one attached hydrogen (secondary N) is 1. The van der Waals surface area contributed by atoms with Crippen LogP contribution in [0.2, 0.25) is 0 Å². The minimum atomic E-state index is 1.31. The van der Waals surface area contributed by atoms with Gasteiger partial charge in [0.05, 0.1) is 21.1 Å². The average Bonchev–Trinajstić information content (AvgIpc) is 1.66. The second-order valence-electron chi connectivity index (χ2n) is 1.85. The van der Waals surface area contributed by atoms with Crippen LogP contribution in [0.25, 0.3) is 0 Å². The van der Waals surface area contributed by atoms with Gasteiger partial charge in [-0.1, -0.05) is 0 Å². The van der Waals surface area contributed by atoms with Crippen molar-refractivity contribution in [1.29, 1.82) is 0 Å². The van der Waals surface area contributed by atoms with Gasteiger partial charge < -0.3 is 4.90 Å². The van der Waals surface area contributed by atoms with Crippen LogP contribution in [0.3, 0.4) is 0 Å². The van der Waals surface area contributed by atoms with Gasteiger partial charge in [0.15, 0.2) is 0 Å². The van der Waals surface area contributed by atoms with Crippen LogP contribution in [-0.4, -0.2) is 28.3 Å². The molecule has 0 bridgehead atoms. The van der Waals surface area contributed by atoms with Gasteiger partial charge in [0.25, 0.3) is 0 Å². The van der Waals surface area contributed by atoms with E-state index >= 15 is 0 Å². The van der Waals surface area contributed by atoms with Crippen LogP contribution >= 0.6 is 0 Å². The van der Waals surface area contributed by atoms with Gasteiger partial charge in [-0.2, -0.15) is 0 Å². The molecule has 0 aromatic carbocycles. The van der Waals surface area contributed by atoms with Crippen LogP contribution in [0.4, 0.5) is 0 Å². The van der Waals surface area contributed by atoms with Crippen molar-refractivity contribution < 1.29 is 14.7 Å². The number of hydrogen-bond donors (Lipinski definition) is 1. The van der Waals surface area contributed by atoms with Crippen molar-refractivity contribution in [1.82, 2.24) is 0 Å². The maximum absolute atomic E-state index is 6.01. The van der Waals surface area contributed by atoms with Crippen LogP contribution in [0.5, 0.6) is 0 Å². The summed E-state index contributed by atoms with van der Waals surface area (Å²) in [7, 11) is 7.56. The van der Waals surface area contributed by atoms with Gasteiger partial charge in [-0.3, -0.25) is 0 Å². The predicted molar refractivity (Wildman–Crippen MR) is 34.0 cm³/mol. The van der Waals surface area contributed by atoms with E-state index in [-0.39, 0.29) is 0 Å². The zero-order chi connectivity index (χ0) is 7.70.